The summed E-state index contributed by atoms with van der Waals surface area (Å²) in [4.78, 5) is 35.2. The van der Waals surface area contributed by atoms with E-state index in [-0.39, 0.29) is 35.7 Å². The van der Waals surface area contributed by atoms with Gasteiger partial charge in [0.25, 0.3) is 11.1 Å². The van der Waals surface area contributed by atoms with Crippen LogP contribution >= 0.6 is 0 Å². The number of hydrogen-bond donors (Lipinski definition) is 3. The number of aromatic amines is 2. The van der Waals surface area contributed by atoms with Crippen LogP contribution in [0, 0.1) is 11.7 Å². The average molecular weight is 345 g/mol. The molecule has 1 aliphatic rings. The van der Waals surface area contributed by atoms with Crippen molar-refractivity contribution in [3.63, 3.8) is 0 Å². The molecule has 0 saturated heterocycles. The lowest BCUT2D eigenvalue weighted by Gasteiger charge is -2.21. The summed E-state index contributed by atoms with van der Waals surface area (Å²) in [6.07, 6.45) is 3.54. The van der Waals surface area contributed by atoms with Crippen molar-refractivity contribution in [2.45, 2.75) is 38.1 Å². The SMILES string of the molecule is O=C(Cc1cc(=O)[nH][nH]c1=O)N[C@H]1CCC[C@H]1Cc1ccc(F)cc1. The molecule has 0 radical (unpaired) electrons. The first kappa shape index (κ1) is 17.1. The predicted octanol–water partition coefficient (Wildman–Crippen LogP) is 1.27. The molecule has 7 heteroatoms. The summed E-state index contributed by atoms with van der Waals surface area (Å²) in [5, 5.41) is 7.36. The number of aromatic nitrogens is 2. The monoisotopic (exact) mass is 345 g/mol. The Morgan fingerprint density at radius 3 is 2.68 bits per heavy atom. The first-order chi connectivity index (χ1) is 12.0. The molecule has 1 saturated carbocycles. The fourth-order valence-corrected chi connectivity index (χ4v) is 3.42. The Bertz CT molecular complexity index is 857. The number of rotatable bonds is 5. The minimum Gasteiger partial charge on any atom is -0.353 e. The maximum absolute atomic E-state index is 13.0. The molecule has 0 aliphatic heterocycles. The van der Waals surface area contributed by atoms with Crippen LogP contribution in [0.1, 0.15) is 30.4 Å². The van der Waals surface area contributed by atoms with Crippen LogP contribution in [0.5, 0.6) is 0 Å². The van der Waals surface area contributed by atoms with E-state index in [9.17, 15) is 18.8 Å². The first-order valence-corrected chi connectivity index (χ1v) is 8.36. The molecule has 2 atom stereocenters. The van der Waals surface area contributed by atoms with Gasteiger partial charge in [-0.3, -0.25) is 24.6 Å². The molecule has 132 valence electrons. The van der Waals surface area contributed by atoms with Crippen LogP contribution in [0.2, 0.25) is 0 Å². The largest absolute Gasteiger partial charge is 0.353 e. The fraction of sp³-hybridized carbons (Fsp3) is 0.389. The van der Waals surface area contributed by atoms with Crippen LogP contribution in [-0.4, -0.2) is 22.1 Å². The van der Waals surface area contributed by atoms with Crippen molar-refractivity contribution in [1.29, 1.82) is 0 Å². The van der Waals surface area contributed by atoms with Crippen LogP contribution in [0.25, 0.3) is 0 Å². The molecule has 0 spiro atoms. The van der Waals surface area contributed by atoms with E-state index in [0.29, 0.717) is 0 Å². The van der Waals surface area contributed by atoms with Gasteiger partial charge in [0.1, 0.15) is 5.82 Å². The molecule has 1 aliphatic carbocycles. The summed E-state index contributed by atoms with van der Waals surface area (Å²) in [6, 6.07) is 7.58. The number of hydrogen-bond acceptors (Lipinski definition) is 3. The molecular weight excluding hydrogens is 325 g/mol. The molecule has 1 amide bonds. The van der Waals surface area contributed by atoms with Crippen molar-refractivity contribution < 1.29 is 9.18 Å². The quantitative estimate of drug-likeness (QED) is 0.762. The maximum atomic E-state index is 13.0. The topological polar surface area (TPSA) is 94.8 Å². The molecule has 0 unspecified atom stereocenters. The molecule has 0 bridgehead atoms. The zero-order chi connectivity index (χ0) is 17.8. The lowest BCUT2D eigenvalue weighted by Crippen LogP contribution is -2.40. The molecule has 3 N–H and O–H groups in total. The molecule has 2 aromatic rings. The van der Waals surface area contributed by atoms with Gasteiger partial charge < -0.3 is 5.32 Å². The van der Waals surface area contributed by atoms with E-state index in [4.69, 9.17) is 0 Å². The van der Waals surface area contributed by atoms with Gasteiger partial charge in [-0.05, 0) is 42.9 Å². The Balaban J connectivity index is 1.61. The van der Waals surface area contributed by atoms with E-state index in [1.54, 1.807) is 12.1 Å². The molecule has 3 rings (SSSR count). The van der Waals surface area contributed by atoms with E-state index in [2.05, 4.69) is 15.5 Å². The minimum atomic E-state index is -0.468. The van der Waals surface area contributed by atoms with Crippen molar-refractivity contribution >= 4 is 5.91 Å². The third-order valence-corrected chi connectivity index (χ3v) is 4.66. The van der Waals surface area contributed by atoms with Crippen LogP contribution in [0.15, 0.2) is 39.9 Å². The molecule has 25 heavy (non-hydrogen) atoms. The van der Waals surface area contributed by atoms with Crippen molar-refractivity contribution in [2.24, 2.45) is 5.92 Å². The molecule has 1 aromatic carbocycles. The number of carbonyl (C=O) groups excluding carboxylic acids is 1. The minimum absolute atomic E-state index is 0.0265. The number of carbonyl (C=O) groups is 1. The van der Waals surface area contributed by atoms with Gasteiger partial charge in [0, 0.05) is 17.7 Å². The smallest absolute Gasteiger partial charge is 0.266 e. The van der Waals surface area contributed by atoms with Crippen LogP contribution in [-0.2, 0) is 17.6 Å². The number of halogens is 1. The predicted molar refractivity (Wildman–Crippen MR) is 90.8 cm³/mol. The Kier molecular flexibility index (Phi) is 5.11. The Morgan fingerprint density at radius 1 is 1.16 bits per heavy atom. The highest BCUT2D eigenvalue weighted by Gasteiger charge is 2.28. The summed E-state index contributed by atoms with van der Waals surface area (Å²) >= 11 is 0. The highest BCUT2D eigenvalue weighted by atomic mass is 19.1. The van der Waals surface area contributed by atoms with Gasteiger partial charge in [-0.25, -0.2) is 4.39 Å². The van der Waals surface area contributed by atoms with Crippen molar-refractivity contribution in [2.75, 3.05) is 0 Å². The summed E-state index contributed by atoms with van der Waals surface area (Å²) in [7, 11) is 0. The zero-order valence-corrected chi connectivity index (χ0v) is 13.7. The second-order valence-corrected chi connectivity index (χ2v) is 6.49. The molecule has 6 nitrogen and oxygen atoms in total. The van der Waals surface area contributed by atoms with Crippen molar-refractivity contribution in [3.05, 3.63) is 68.0 Å². The third kappa shape index (κ3) is 4.43. The van der Waals surface area contributed by atoms with Gasteiger partial charge in [-0.15, -0.1) is 0 Å². The van der Waals surface area contributed by atoms with Crippen molar-refractivity contribution in [1.82, 2.24) is 15.5 Å². The first-order valence-electron chi connectivity index (χ1n) is 8.36. The number of nitrogens with one attached hydrogen (secondary N) is 3. The highest BCUT2D eigenvalue weighted by Crippen LogP contribution is 2.29. The highest BCUT2D eigenvalue weighted by molar-refractivity contribution is 5.78. The molecule has 1 aromatic heterocycles. The van der Waals surface area contributed by atoms with E-state index in [1.807, 2.05) is 0 Å². The molecular formula is C18H20FN3O3. The lowest BCUT2D eigenvalue weighted by atomic mass is 9.94. The third-order valence-electron chi connectivity index (χ3n) is 4.66. The second kappa shape index (κ2) is 7.46. The summed E-state index contributed by atoms with van der Waals surface area (Å²) < 4.78 is 13.0. The van der Waals surface area contributed by atoms with Crippen molar-refractivity contribution in [3.8, 4) is 0 Å². The van der Waals surface area contributed by atoms with Crippen LogP contribution in [0.3, 0.4) is 0 Å². The standard InChI is InChI=1S/C18H20FN3O3/c19-14-6-4-11(5-7-14)8-12-2-1-3-15(12)20-16(23)9-13-10-17(24)21-22-18(13)25/h4-7,10,12,15H,1-3,8-9H2,(H,20,23)(H,21,24)(H,22,25)/t12-,15-/m0/s1. The van der Waals surface area contributed by atoms with E-state index in [0.717, 1.165) is 37.3 Å². The Hall–Kier alpha value is -2.70. The lowest BCUT2D eigenvalue weighted by molar-refractivity contribution is -0.121. The molecule has 1 fully saturated rings. The average Bonchev–Trinajstić information content (AvgIpc) is 3.00. The second-order valence-electron chi connectivity index (χ2n) is 6.49. The summed E-state index contributed by atoms with van der Waals surface area (Å²) in [6.45, 7) is 0. The van der Waals surface area contributed by atoms with Gasteiger partial charge >= 0.3 is 0 Å². The van der Waals surface area contributed by atoms with Gasteiger partial charge in [0.2, 0.25) is 5.91 Å². The Labute approximate surface area is 143 Å². The normalized spacial score (nSPS) is 19.7. The van der Waals surface area contributed by atoms with Gasteiger partial charge in [0.05, 0.1) is 6.42 Å². The van der Waals surface area contributed by atoms with E-state index in [1.165, 1.54) is 12.1 Å². The van der Waals surface area contributed by atoms with Crippen LogP contribution < -0.4 is 16.4 Å². The molecule has 1 heterocycles. The van der Waals surface area contributed by atoms with Crippen LogP contribution in [0.4, 0.5) is 4.39 Å². The van der Waals surface area contributed by atoms with E-state index >= 15 is 0 Å². The maximum Gasteiger partial charge on any atom is 0.266 e. The van der Waals surface area contributed by atoms with Gasteiger partial charge in [0.15, 0.2) is 0 Å². The van der Waals surface area contributed by atoms with E-state index < -0.39 is 11.1 Å². The Morgan fingerprint density at radius 2 is 1.92 bits per heavy atom. The fourth-order valence-electron chi connectivity index (χ4n) is 3.42. The zero-order valence-electron chi connectivity index (χ0n) is 13.7. The van der Waals surface area contributed by atoms with Gasteiger partial charge in [-0.1, -0.05) is 18.6 Å². The summed E-state index contributed by atoms with van der Waals surface area (Å²) in [5.41, 5.74) is 0.273. The summed E-state index contributed by atoms with van der Waals surface area (Å²) in [5.74, 6) is -0.248. The number of amides is 1. The number of benzene rings is 1. The van der Waals surface area contributed by atoms with Gasteiger partial charge in [-0.2, -0.15) is 0 Å². The number of H-pyrrole nitrogens is 2.